The molecule has 4 aromatic rings. The van der Waals surface area contributed by atoms with Crippen LogP contribution in [0.2, 0.25) is 0 Å². The molecule has 11 heteroatoms. The van der Waals surface area contributed by atoms with Gasteiger partial charge < -0.3 is 19.5 Å². The molecule has 0 radical (unpaired) electrons. The first-order valence-electron chi connectivity index (χ1n) is 8.43. The second kappa shape index (κ2) is 8.15. The number of benzene rings is 2. The molecule has 2 heterocycles. The molecule has 0 spiro atoms. The number of halogens is 1. The van der Waals surface area contributed by atoms with Gasteiger partial charge in [0, 0.05) is 35.6 Å². The maximum atomic E-state index is 11.3. The first-order valence-corrected chi connectivity index (χ1v) is 10.3. The molecule has 1 unspecified atom stereocenters. The van der Waals surface area contributed by atoms with Gasteiger partial charge in [-0.3, -0.25) is 9.31 Å². The summed E-state index contributed by atoms with van der Waals surface area (Å²) in [6.07, 6.45) is 3.37. The van der Waals surface area contributed by atoms with Crippen LogP contribution < -0.4 is 14.9 Å². The summed E-state index contributed by atoms with van der Waals surface area (Å²) < 4.78 is 24.5. The highest BCUT2D eigenvalue weighted by Crippen LogP contribution is 2.31. The number of nitrogens with one attached hydrogen (secondary N) is 3. The summed E-state index contributed by atoms with van der Waals surface area (Å²) in [6, 6.07) is 12.8. The quantitative estimate of drug-likeness (QED) is 0.364. The average molecular weight is 473 g/mol. The number of anilines is 5. The summed E-state index contributed by atoms with van der Waals surface area (Å²) in [7, 11) is 1.47. The highest BCUT2D eigenvalue weighted by Gasteiger charge is 2.11. The minimum absolute atomic E-state index is 0.382. The zero-order valence-corrected chi connectivity index (χ0v) is 17.5. The molecule has 2 aromatic carbocycles. The molecular weight excluding hydrogens is 458 g/mol. The van der Waals surface area contributed by atoms with Crippen molar-refractivity contribution in [2.45, 2.75) is 0 Å². The molecule has 3 N–H and O–H groups in total. The lowest BCUT2D eigenvalue weighted by atomic mass is 10.2. The molecule has 0 bridgehead atoms. The highest BCUT2D eigenvalue weighted by atomic mass is 79.9. The number of para-hydroxylation sites is 2. The fourth-order valence-electron chi connectivity index (χ4n) is 2.72. The van der Waals surface area contributed by atoms with E-state index in [9.17, 15) is 8.76 Å². The largest absolute Gasteiger partial charge is 0.755 e. The number of rotatable bonds is 6. The molecule has 0 saturated heterocycles. The molecule has 2 aromatic heterocycles. The van der Waals surface area contributed by atoms with Crippen LogP contribution in [0.25, 0.3) is 10.9 Å². The van der Waals surface area contributed by atoms with E-state index in [4.69, 9.17) is 0 Å². The Kier molecular flexibility index (Phi) is 5.43. The first-order chi connectivity index (χ1) is 14.0. The molecular formula is C18H15BrN7O2S-. The van der Waals surface area contributed by atoms with Gasteiger partial charge >= 0.3 is 0 Å². The van der Waals surface area contributed by atoms with Crippen LogP contribution in [0.3, 0.4) is 0 Å². The number of hydrogen-bond donors (Lipinski definition) is 3. The van der Waals surface area contributed by atoms with Crippen LogP contribution >= 0.6 is 15.9 Å². The monoisotopic (exact) mass is 472 g/mol. The van der Waals surface area contributed by atoms with Crippen LogP contribution in [-0.4, -0.2) is 36.0 Å². The predicted molar refractivity (Wildman–Crippen MR) is 116 cm³/mol. The highest BCUT2D eigenvalue weighted by molar-refractivity contribution is 9.10. The third-order valence-corrected chi connectivity index (χ3v) is 5.39. The fraction of sp³-hybridized carbons (Fsp3) is 0.0556. The smallest absolute Gasteiger partial charge is 0.229 e. The van der Waals surface area contributed by atoms with Gasteiger partial charge in [-0.05, 0) is 46.3 Å². The van der Waals surface area contributed by atoms with E-state index in [1.54, 1.807) is 36.7 Å². The lowest BCUT2D eigenvalue weighted by Gasteiger charge is -2.24. The van der Waals surface area contributed by atoms with Crippen molar-refractivity contribution in [1.29, 1.82) is 0 Å². The van der Waals surface area contributed by atoms with Crippen molar-refractivity contribution >= 4 is 66.9 Å². The summed E-state index contributed by atoms with van der Waals surface area (Å²) in [5.41, 5.74) is 2.78. The van der Waals surface area contributed by atoms with Crippen LogP contribution in [0, 0.1) is 0 Å². The van der Waals surface area contributed by atoms with Gasteiger partial charge in [-0.15, -0.1) is 0 Å². The summed E-state index contributed by atoms with van der Waals surface area (Å²) in [6.45, 7) is 0. The van der Waals surface area contributed by atoms with Crippen molar-refractivity contribution in [3.8, 4) is 0 Å². The van der Waals surface area contributed by atoms with Crippen molar-refractivity contribution in [2.24, 2.45) is 0 Å². The Labute approximate surface area is 177 Å². The number of H-pyrrole nitrogens is 1. The minimum atomic E-state index is -2.40. The van der Waals surface area contributed by atoms with Crippen LogP contribution in [0.4, 0.5) is 28.8 Å². The molecule has 148 valence electrons. The van der Waals surface area contributed by atoms with Crippen molar-refractivity contribution in [3.63, 3.8) is 0 Å². The fourth-order valence-corrected chi connectivity index (χ4v) is 3.33. The molecule has 29 heavy (non-hydrogen) atoms. The Hall–Kier alpha value is -3.02. The molecule has 0 aliphatic carbocycles. The topological polar surface area (TPSA) is 122 Å². The molecule has 0 amide bonds. The third kappa shape index (κ3) is 4.21. The van der Waals surface area contributed by atoms with Gasteiger partial charge in [0.15, 0.2) is 0 Å². The Bertz CT molecular complexity index is 1200. The number of aromatic amines is 1. The van der Waals surface area contributed by atoms with Crippen LogP contribution in [0.15, 0.2) is 59.3 Å². The van der Waals surface area contributed by atoms with E-state index in [0.29, 0.717) is 27.6 Å². The molecule has 4 rings (SSSR count). The molecule has 9 nitrogen and oxygen atoms in total. The first kappa shape index (κ1) is 19.3. The van der Waals surface area contributed by atoms with Gasteiger partial charge in [0.25, 0.3) is 0 Å². The summed E-state index contributed by atoms with van der Waals surface area (Å²) in [5, 5.41) is 14.2. The molecule has 0 fully saturated rings. The minimum Gasteiger partial charge on any atom is -0.755 e. The Balaban J connectivity index is 1.62. The Morgan fingerprint density at radius 3 is 2.83 bits per heavy atom. The maximum absolute atomic E-state index is 11.3. The second-order valence-electron chi connectivity index (χ2n) is 6.04. The standard InChI is InChI=1S/C18H16BrN7O2S/c1-26(29(27)28)16-5-3-2-4-14(16)23-17-13(19)10-20-18(24-17)22-12-7-6-11-9-21-25-15(11)8-12/h2-10H,1H3,(H,21,25)(H,27,28)(H2,20,22,23,24)/p-1. The van der Waals surface area contributed by atoms with E-state index in [-0.39, 0.29) is 0 Å². The van der Waals surface area contributed by atoms with E-state index in [1.807, 2.05) is 18.2 Å². The van der Waals surface area contributed by atoms with E-state index in [0.717, 1.165) is 20.9 Å². The second-order valence-corrected chi connectivity index (χ2v) is 7.88. The van der Waals surface area contributed by atoms with Crippen molar-refractivity contribution in [3.05, 3.63) is 59.3 Å². The van der Waals surface area contributed by atoms with Crippen molar-refractivity contribution < 1.29 is 8.76 Å². The number of hydrogen-bond acceptors (Lipinski definition) is 7. The van der Waals surface area contributed by atoms with E-state index in [1.165, 1.54) is 7.05 Å². The number of aromatic nitrogens is 4. The normalized spacial score (nSPS) is 12.0. The van der Waals surface area contributed by atoms with Gasteiger partial charge in [0.05, 0.1) is 27.6 Å². The maximum Gasteiger partial charge on any atom is 0.229 e. The van der Waals surface area contributed by atoms with Crippen LogP contribution in [-0.2, 0) is 11.3 Å². The average Bonchev–Trinajstić information content (AvgIpc) is 3.18. The predicted octanol–water partition coefficient (Wildman–Crippen LogP) is 3.83. The zero-order chi connectivity index (χ0) is 20.4. The van der Waals surface area contributed by atoms with E-state index < -0.39 is 11.3 Å². The summed E-state index contributed by atoms with van der Waals surface area (Å²) in [4.78, 5) is 8.78. The molecule has 0 saturated carbocycles. The van der Waals surface area contributed by atoms with Gasteiger partial charge in [0.1, 0.15) is 5.82 Å². The van der Waals surface area contributed by atoms with Gasteiger partial charge in [-0.2, -0.15) is 10.1 Å². The van der Waals surface area contributed by atoms with Crippen molar-refractivity contribution in [1.82, 2.24) is 20.2 Å². The Morgan fingerprint density at radius 1 is 1.17 bits per heavy atom. The zero-order valence-electron chi connectivity index (χ0n) is 15.1. The number of fused-ring (bicyclic) bond motifs is 1. The third-order valence-electron chi connectivity index (χ3n) is 4.16. The van der Waals surface area contributed by atoms with Crippen molar-refractivity contribution in [2.75, 3.05) is 22.0 Å². The SMILES string of the molecule is CN(c1ccccc1Nc1nc(Nc2ccc3cn[nH]c3c2)ncc1Br)S(=O)[O-]. The lowest BCUT2D eigenvalue weighted by molar-refractivity contribution is 0.535. The Morgan fingerprint density at radius 2 is 2.00 bits per heavy atom. The molecule has 0 aliphatic heterocycles. The molecule has 1 atom stereocenters. The van der Waals surface area contributed by atoms with Gasteiger partial charge in [0.2, 0.25) is 5.95 Å². The van der Waals surface area contributed by atoms with Gasteiger partial charge in [-0.25, -0.2) is 4.98 Å². The molecule has 0 aliphatic rings. The van der Waals surface area contributed by atoms with Gasteiger partial charge in [-0.1, -0.05) is 12.1 Å². The van der Waals surface area contributed by atoms with Crippen LogP contribution in [0.1, 0.15) is 0 Å². The van der Waals surface area contributed by atoms with E-state index >= 15 is 0 Å². The summed E-state index contributed by atoms with van der Waals surface area (Å²) in [5.74, 6) is 0.871. The summed E-state index contributed by atoms with van der Waals surface area (Å²) >= 11 is 1.03. The number of nitrogens with zero attached hydrogens (tertiary/aromatic N) is 4. The van der Waals surface area contributed by atoms with E-state index in [2.05, 4.69) is 46.7 Å². The van der Waals surface area contributed by atoms with Crippen LogP contribution in [0.5, 0.6) is 0 Å². The lowest BCUT2D eigenvalue weighted by Crippen LogP contribution is -2.20.